The molecule has 0 spiro atoms. The van der Waals surface area contributed by atoms with Crippen LogP contribution in [0.15, 0.2) is 77.7 Å². The summed E-state index contributed by atoms with van der Waals surface area (Å²) in [6.07, 6.45) is 0. The molecular formula is C21H21N3O4S. The predicted octanol–water partition coefficient (Wildman–Crippen LogP) is 4.45. The van der Waals surface area contributed by atoms with Crippen molar-refractivity contribution in [3.63, 3.8) is 0 Å². The highest BCUT2D eigenvalue weighted by Crippen LogP contribution is 2.20. The van der Waals surface area contributed by atoms with Gasteiger partial charge in [-0.2, -0.15) is 0 Å². The number of carbonyl (C=O) groups is 1. The Kier molecular flexibility index (Phi) is 6.04. The maximum atomic E-state index is 12.5. The lowest BCUT2D eigenvalue weighted by Gasteiger charge is -2.11. The molecule has 29 heavy (non-hydrogen) atoms. The fraction of sp³-hybridized carbons (Fsp3) is 0.0952. The van der Waals surface area contributed by atoms with Gasteiger partial charge < -0.3 is 15.4 Å². The molecule has 3 rings (SSSR count). The minimum absolute atomic E-state index is 0.0813. The summed E-state index contributed by atoms with van der Waals surface area (Å²) in [5.41, 5.74) is 2.65. The summed E-state index contributed by atoms with van der Waals surface area (Å²) in [5.74, 6) is 0.632. The maximum Gasteiger partial charge on any atom is 0.323 e. The number of ether oxygens (including phenoxy) is 1. The van der Waals surface area contributed by atoms with Crippen LogP contribution in [0, 0.1) is 6.92 Å². The molecule has 7 nitrogen and oxygen atoms in total. The number of rotatable bonds is 6. The van der Waals surface area contributed by atoms with Crippen molar-refractivity contribution < 1.29 is 17.9 Å². The Labute approximate surface area is 169 Å². The van der Waals surface area contributed by atoms with Crippen LogP contribution in [0.5, 0.6) is 5.75 Å². The van der Waals surface area contributed by atoms with E-state index in [1.54, 1.807) is 36.4 Å². The molecule has 0 aromatic heterocycles. The monoisotopic (exact) mass is 411 g/mol. The van der Waals surface area contributed by atoms with Crippen molar-refractivity contribution in [3.05, 3.63) is 78.4 Å². The second-order valence-electron chi connectivity index (χ2n) is 6.30. The number of nitrogens with one attached hydrogen (secondary N) is 3. The molecule has 2 amide bonds. The van der Waals surface area contributed by atoms with E-state index in [-0.39, 0.29) is 4.90 Å². The molecule has 0 heterocycles. The standard InChI is InChI=1S/C21H21N3O4S/c1-15-3-5-16(6-4-15)22-21(25)23-17-9-13-20(14-10-17)29(26,27)24-18-7-11-19(28-2)12-8-18/h3-14,24H,1-2H3,(H2,22,23,25). The average molecular weight is 411 g/mol. The van der Waals surface area contributed by atoms with Gasteiger partial charge in [-0.1, -0.05) is 17.7 Å². The summed E-state index contributed by atoms with van der Waals surface area (Å²) >= 11 is 0. The fourth-order valence-electron chi connectivity index (χ4n) is 2.52. The highest BCUT2D eigenvalue weighted by molar-refractivity contribution is 7.92. The van der Waals surface area contributed by atoms with Gasteiger partial charge >= 0.3 is 6.03 Å². The van der Waals surface area contributed by atoms with Crippen LogP contribution < -0.4 is 20.1 Å². The Bertz CT molecular complexity index is 1080. The van der Waals surface area contributed by atoms with Crippen LogP contribution in [-0.2, 0) is 10.0 Å². The molecule has 0 aliphatic rings. The number of amides is 2. The van der Waals surface area contributed by atoms with E-state index in [2.05, 4.69) is 15.4 Å². The Morgan fingerprint density at radius 3 is 1.76 bits per heavy atom. The molecule has 0 unspecified atom stereocenters. The Hall–Kier alpha value is -3.52. The second kappa shape index (κ2) is 8.66. The molecule has 0 saturated carbocycles. The fourth-order valence-corrected chi connectivity index (χ4v) is 3.58. The quantitative estimate of drug-likeness (QED) is 0.558. The third-order valence-electron chi connectivity index (χ3n) is 4.07. The van der Waals surface area contributed by atoms with E-state index in [1.165, 1.54) is 31.4 Å². The number of sulfonamides is 1. The second-order valence-corrected chi connectivity index (χ2v) is 7.99. The molecule has 150 valence electrons. The van der Waals surface area contributed by atoms with Gasteiger partial charge in [-0.3, -0.25) is 4.72 Å². The number of hydrogen-bond acceptors (Lipinski definition) is 4. The number of aryl methyl sites for hydroxylation is 1. The molecule has 0 saturated heterocycles. The lowest BCUT2D eigenvalue weighted by Crippen LogP contribution is -2.19. The molecule has 3 N–H and O–H groups in total. The lowest BCUT2D eigenvalue weighted by atomic mass is 10.2. The normalized spacial score (nSPS) is 10.8. The van der Waals surface area contributed by atoms with Gasteiger partial charge in [0.15, 0.2) is 0 Å². The highest BCUT2D eigenvalue weighted by atomic mass is 32.2. The molecule has 0 bridgehead atoms. The maximum absolute atomic E-state index is 12.5. The van der Waals surface area contributed by atoms with Crippen LogP contribution in [0.1, 0.15) is 5.56 Å². The van der Waals surface area contributed by atoms with Crippen molar-refractivity contribution in [1.82, 2.24) is 0 Å². The van der Waals surface area contributed by atoms with Crippen LogP contribution in [0.2, 0.25) is 0 Å². The third kappa shape index (κ3) is 5.49. The summed E-state index contributed by atoms with van der Waals surface area (Å²) in [5, 5.41) is 5.38. The first-order chi connectivity index (χ1) is 13.9. The van der Waals surface area contributed by atoms with Gasteiger partial charge in [-0.05, 0) is 67.6 Å². The van der Waals surface area contributed by atoms with E-state index >= 15 is 0 Å². The number of hydrogen-bond donors (Lipinski definition) is 3. The highest BCUT2D eigenvalue weighted by Gasteiger charge is 2.14. The number of methoxy groups -OCH3 is 1. The van der Waals surface area contributed by atoms with Crippen molar-refractivity contribution in [2.45, 2.75) is 11.8 Å². The molecular weight excluding hydrogens is 390 g/mol. The number of urea groups is 1. The predicted molar refractivity (Wildman–Crippen MR) is 114 cm³/mol. The molecule has 0 aliphatic carbocycles. The van der Waals surface area contributed by atoms with Gasteiger partial charge in [-0.25, -0.2) is 13.2 Å². The molecule has 0 radical (unpaired) electrons. The molecule has 0 atom stereocenters. The van der Waals surface area contributed by atoms with Gasteiger partial charge in [0.25, 0.3) is 10.0 Å². The van der Waals surface area contributed by atoms with Crippen LogP contribution in [0.3, 0.4) is 0 Å². The van der Waals surface area contributed by atoms with E-state index in [0.717, 1.165) is 5.56 Å². The van der Waals surface area contributed by atoms with Crippen molar-refractivity contribution in [1.29, 1.82) is 0 Å². The zero-order chi connectivity index (χ0) is 20.9. The topological polar surface area (TPSA) is 96.5 Å². The molecule has 8 heteroatoms. The summed E-state index contributed by atoms with van der Waals surface area (Å²) in [6.45, 7) is 1.96. The Morgan fingerprint density at radius 1 is 0.759 bits per heavy atom. The third-order valence-corrected chi connectivity index (χ3v) is 5.47. The van der Waals surface area contributed by atoms with Crippen molar-refractivity contribution in [3.8, 4) is 5.75 Å². The van der Waals surface area contributed by atoms with Crippen LogP contribution in [0.4, 0.5) is 21.9 Å². The van der Waals surface area contributed by atoms with Crippen LogP contribution >= 0.6 is 0 Å². The largest absolute Gasteiger partial charge is 0.497 e. The van der Waals surface area contributed by atoms with Gasteiger partial charge in [0.1, 0.15) is 5.75 Å². The molecule has 0 aliphatic heterocycles. The van der Waals surface area contributed by atoms with Crippen molar-refractivity contribution in [2.75, 3.05) is 22.5 Å². The summed E-state index contributed by atoms with van der Waals surface area (Å²) in [7, 11) is -2.21. The molecule has 0 fully saturated rings. The first-order valence-corrected chi connectivity index (χ1v) is 10.3. The number of anilines is 3. The van der Waals surface area contributed by atoms with Gasteiger partial charge in [0, 0.05) is 17.1 Å². The molecule has 3 aromatic carbocycles. The SMILES string of the molecule is COc1ccc(NS(=O)(=O)c2ccc(NC(=O)Nc3ccc(C)cc3)cc2)cc1. The van der Waals surface area contributed by atoms with Crippen LogP contribution in [0.25, 0.3) is 0 Å². The summed E-state index contributed by atoms with van der Waals surface area (Å²) in [4.78, 5) is 12.2. The zero-order valence-corrected chi connectivity index (χ0v) is 16.8. The minimum atomic E-state index is -3.75. The van der Waals surface area contributed by atoms with Crippen LogP contribution in [-0.4, -0.2) is 21.6 Å². The van der Waals surface area contributed by atoms with Gasteiger partial charge in [0.2, 0.25) is 0 Å². The summed E-state index contributed by atoms with van der Waals surface area (Å²) in [6, 6.07) is 19.4. The van der Waals surface area contributed by atoms with Gasteiger partial charge in [0.05, 0.1) is 12.0 Å². The number of benzene rings is 3. The van der Waals surface area contributed by atoms with E-state index < -0.39 is 16.1 Å². The van der Waals surface area contributed by atoms with E-state index in [4.69, 9.17) is 4.74 Å². The smallest absolute Gasteiger partial charge is 0.323 e. The lowest BCUT2D eigenvalue weighted by molar-refractivity contribution is 0.262. The van der Waals surface area contributed by atoms with Crippen molar-refractivity contribution in [2.24, 2.45) is 0 Å². The van der Waals surface area contributed by atoms with Gasteiger partial charge in [-0.15, -0.1) is 0 Å². The van der Waals surface area contributed by atoms with E-state index in [1.807, 2.05) is 19.1 Å². The Balaban J connectivity index is 1.63. The van der Waals surface area contributed by atoms with E-state index in [9.17, 15) is 13.2 Å². The first kappa shape index (κ1) is 20.2. The summed E-state index contributed by atoms with van der Waals surface area (Å²) < 4.78 is 32.6. The molecule has 3 aromatic rings. The number of carbonyl (C=O) groups excluding carboxylic acids is 1. The zero-order valence-electron chi connectivity index (χ0n) is 16.0. The van der Waals surface area contributed by atoms with E-state index in [0.29, 0.717) is 22.8 Å². The average Bonchev–Trinajstić information content (AvgIpc) is 2.70. The minimum Gasteiger partial charge on any atom is -0.497 e. The first-order valence-electron chi connectivity index (χ1n) is 8.77. The Morgan fingerprint density at radius 2 is 1.24 bits per heavy atom. The van der Waals surface area contributed by atoms with Crippen molar-refractivity contribution >= 4 is 33.1 Å².